The van der Waals surface area contributed by atoms with Crippen LogP contribution in [0, 0.1) is 17.1 Å². The van der Waals surface area contributed by atoms with Gasteiger partial charge in [0.25, 0.3) is 5.91 Å². The molecule has 1 saturated heterocycles. The first-order valence-corrected chi connectivity index (χ1v) is 8.79. The highest BCUT2D eigenvalue weighted by Crippen LogP contribution is 2.47. The molecule has 1 N–H and O–H groups in total. The summed E-state index contributed by atoms with van der Waals surface area (Å²) < 4.78 is 60.7. The van der Waals surface area contributed by atoms with E-state index in [0.29, 0.717) is 0 Å². The third-order valence-electron chi connectivity index (χ3n) is 5.05. The quantitative estimate of drug-likeness (QED) is 0.656. The Morgan fingerprint density at radius 2 is 2.10 bits per heavy atom. The number of hydrogen-bond donors (Lipinski definition) is 1. The molecule has 4 rings (SSSR count). The number of nitrogens with one attached hydrogen (secondary N) is 1. The van der Waals surface area contributed by atoms with E-state index in [4.69, 9.17) is 9.78 Å². The summed E-state index contributed by atoms with van der Waals surface area (Å²) in [5.41, 5.74) is -2.25. The van der Waals surface area contributed by atoms with Crippen molar-refractivity contribution in [1.82, 2.24) is 20.0 Å². The number of benzene rings is 1. The number of hydrogen-bond acceptors (Lipinski definition) is 5. The van der Waals surface area contributed by atoms with E-state index in [0.717, 1.165) is 11.0 Å². The van der Waals surface area contributed by atoms with Gasteiger partial charge in [-0.1, -0.05) is 17.3 Å². The number of rotatable bonds is 3. The molecule has 1 fully saturated rings. The second-order valence-electron chi connectivity index (χ2n) is 6.89. The Balaban J connectivity index is 1.66. The molecule has 154 valence electrons. The Bertz CT molecular complexity index is 1150. The Morgan fingerprint density at radius 3 is 2.77 bits per heavy atom. The lowest BCUT2D eigenvalue weighted by Gasteiger charge is -2.27. The fourth-order valence-electron chi connectivity index (χ4n) is 3.43. The average Bonchev–Trinajstić information content (AvgIpc) is 3.46. The van der Waals surface area contributed by atoms with Crippen LogP contribution in [0.15, 0.2) is 40.9 Å². The Morgan fingerprint density at radius 1 is 1.30 bits per heavy atom. The highest BCUT2D eigenvalue weighted by atomic mass is 19.4. The lowest BCUT2D eigenvalue weighted by Crippen LogP contribution is -2.46. The van der Waals surface area contributed by atoms with E-state index in [1.54, 1.807) is 0 Å². The lowest BCUT2D eigenvalue weighted by atomic mass is 9.86. The number of carbonyl (C=O) groups excluding carboxylic acids is 1. The van der Waals surface area contributed by atoms with Crippen LogP contribution in [0.1, 0.15) is 28.5 Å². The van der Waals surface area contributed by atoms with Gasteiger partial charge in [-0.2, -0.15) is 23.4 Å². The lowest BCUT2D eigenvalue weighted by molar-refractivity contribution is -0.193. The monoisotopic (exact) mass is 419 g/mol. The minimum atomic E-state index is -4.78. The average molecular weight is 419 g/mol. The van der Waals surface area contributed by atoms with E-state index in [1.165, 1.54) is 30.3 Å². The number of nitrogens with zero attached hydrogens (tertiary/aromatic N) is 4. The highest BCUT2D eigenvalue weighted by molar-refractivity contribution is 5.93. The summed E-state index contributed by atoms with van der Waals surface area (Å²) in [6.45, 7) is -0.919. The number of aromatic nitrogens is 3. The highest BCUT2D eigenvalue weighted by Gasteiger charge is 2.63. The molecule has 0 aliphatic carbocycles. The first kappa shape index (κ1) is 19.6. The van der Waals surface area contributed by atoms with Crippen LogP contribution in [0.25, 0.3) is 11.4 Å². The van der Waals surface area contributed by atoms with Gasteiger partial charge in [-0.15, -0.1) is 0 Å². The van der Waals surface area contributed by atoms with Gasteiger partial charge in [-0.3, -0.25) is 4.79 Å². The van der Waals surface area contributed by atoms with Crippen LogP contribution in [0.5, 0.6) is 0 Å². The normalized spacial score (nSPS) is 19.1. The molecular formula is C19H13F4N5O2. The maximum Gasteiger partial charge on any atom is 0.405 e. The molecule has 1 aliphatic heterocycles. The van der Waals surface area contributed by atoms with E-state index < -0.39 is 42.2 Å². The molecule has 1 aromatic carbocycles. The Labute approximate surface area is 166 Å². The smallest absolute Gasteiger partial charge is 0.342 e. The molecule has 1 aliphatic rings. The minimum Gasteiger partial charge on any atom is -0.342 e. The fourth-order valence-corrected chi connectivity index (χ4v) is 3.43. The van der Waals surface area contributed by atoms with Gasteiger partial charge < -0.3 is 14.4 Å². The van der Waals surface area contributed by atoms with Crippen molar-refractivity contribution in [2.45, 2.75) is 18.0 Å². The van der Waals surface area contributed by atoms with Gasteiger partial charge in [0.1, 0.15) is 23.3 Å². The summed E-state index contributed by atoms with van der Waals surface area (Å²) in [6.07, 6.45) is -5.25. The molecular weight excluding hydrogens is 406 g/mol. The number of amides is 1. The van der Waals surface area contributed by atoms with Crippen molar-refractivity contribution in [1.29, 1.82) is 5.26 Å². The van der Waals surface area contributed by atoms with E-state index in [9.17, 15) is 22.4 Å². The van der Waals surface area contributed by atoms with Gasteiger partial charge in [-0.05, 0) is 30.7 Å². The summed E-state index contributed by atoms with van der Waals surface area (Å²) in [6, 6.07) is 9.60. The predicted octanol–water partition coefficient (Wildman–Crippen LogP) is 3.42. The number of nitriles is 1. The maximum atomic E-state index is 14.1. The summed E-state index contributed by atoms with van der Waals surface area (Å²) in [7, 11) is 0. The van der Waals surface area contributed by atoms with Crippen molar-refractivity contribution in [3.05, 3.63) is 59.5 Å². The largest absolute Gasteiger partial charge is 0.405 e. The van der Waals surface area contributed by atoms with Crippen molar-refractivity contribution in [3.8, 4) is 17.5 Å². The summed E-state index contributed by atoms with van der Waals surface area (Å²) >= 11 is 0. The molecule has 3 aromatic rings. The van der Waals surface area contributed by atoms with Gasteiger partial charge in [0.2, 0.25) is 11.7 Å². The number of carbonyl (C=O) groups is 1. The molecule has 7 nitrogen and oxygen atoms in total. The van der Waals surface area contributed by atoms with Gasteiger partial charge in [0.15, 0.2) is 5.41 Å². The third kappa shape index (κ3) is 3.20. The number of likely N-dealkylation sites (tertiary alicyclic amines) is 1. The molecule has 0 saturated carbocycles. The van der Waals surface area contributed by atoms with E-state index >= 15 is 0 Å². The van der Waals surface area contributed by atoms with Crippen molar-refractivity contribution in [2.75, 3.05) is 13.1 Å². The first-order valence-electron chi connectivity index (χ1n) is 8.79. The molecule has 3 heterocycles. The summed E-state index contributed by atoms with van der Waals surface area (Å²) in [4.78, 5) is 20.0. The van der Waals surface area contributed by atoms with Crippen LogP contribution in [0.4, 0.5) is 17.6 Å². The van der Waals surface area contributed by atoms with Crippen LogP contribution < -0.4 is 0 Å². The molecule has 1 unspecified atom stereocenters. The van der Waals surface area contributed by atoms with E-state index in [1.807, 2.05) is 6.07 Å². The van der Waals surface area contributed by atoms with Crippen molar-refractivity contribution >= 4 is 5.91 Å². The van der Waals surface area contributed by atoms with Crippen LogP contribution >= 0.6 is 0 Å². The van der Waals surface area contributed by atoms with E-state index in [2.05, 4.69) is 15.1 Å². The van der Waals surface area contributed by atoms with Crippen LogP contribution in [0.3, 0.4) is 0 Å². The second-order valence-corrected chi connectivity index (χ2v) is 6.89. The zero-order valence-electron chi connectivity index (χ0n) is 15.2. The summed E-state index contributed by atoms with van der Waals surface area (Å²) in [5, 5.41) is 12.4. The molecule has 0 bridgehead atoms. The third-order valence-corrected chi connectivity index (χ3v) is 5.05. The van der Waals surface area contributed by atoms with Crippen molar-refractivity contribution in [2.24, 2.45) is 0 Å². The Kier molecular flexibility index (Phi) is 4.57. The molecule has 1 atom stereocenters. The standard InChI is InChI=1S/C19H13F4N5O2/c20-12-3-1-2-11(8-12)15-26-17(30-27-15)18(19(21,22)23)6-7-28(10-18)16(29)14-5-4-13(9-24)25-14/h1-5,8,25H,6-7,10H2. The number of H-pyrrole nitrogens is 1. The maximum absolute atomic E-state index is 14.1. The molecule has 0 radical (unpaired) electrons. The van der Waals surface area contributed by atoms with Gasteiger partial charge in [0.05, 0.1) is 0 Å². The Hall–Kier alpha value is -3.68. The van der Waals surface area contributed by atoms with Crippen LogP contribution in [-0.4, -0.2) is 45.2 Å². The SMILES string of the molecule is N#Cc1ccc(C(=O)N2CCC(c3nc(-c4cccc(F)c4)no3)(C(F)(F)F)C2)[nH]1. The number of alkyl halides is 3. The van der Waals surface area contributed by atoms with Crippen molar-refractivity contribution < 1.29 is 26.9 Å². The second kappa shape index (κ2) is 6.98. The van der Waals surface area contributed by atoms with Gasteiger partial charge in [-0.25, -0.2) is 4.39 Å². The zero-order valence-corrected chi connectivity index (χ0v) is 15.2. The summed E-state index contributed by atoms with van der Waals surface area (Å²) in [5.74, 6) is -2.13. The number of aromatic amines is 1. The molecule has 0 spiro atoms. The van der Waals surface area contributed by atoms with E-state index in [-0.39, 0.29) is 29.3 Å². The van der Waals surface area contributed by atoms with Gasteiger partial charge >= 0.3 is 6.18 Å². The van der Waals surface area contributed by atoms with Crippen LogP contribution in [-0.2, 0) is 5.41 Å². The van der Waals surface area contributed by atoms with Crippen molar-refractivity contribution in [3.63, 3.8) is 0 Å². The fraction of sp³-hybridized carbons (Fsp3) is 0.263. The first-order chi connectivity index (χ1) is 14.2. The zero-order chi connectivity index (χ0) is 21.5. The van der Waals surface area contributed by atoms with Crippen LogP contribution in [0.2, 0.25) is 0 Å². The molecule has 1 amide bonds. The minimum absolute atomic E-state index is 0.00973. The molecule has 30 heavy (non-hydrogen) atoms. The molecule has 11 heteroatoms. The number of halogens is 4. The molecule has 2 aromatic heterocycles. The predicted molar refractivity (Wildman–Crippen MR) is 93.5 cm³/mol. The van der Waals surface area contributed by atoms with Gasteiger partial charge in [0, 0.05) is 18.7 Å². The topological polar surface area (TPSA) is 98.8 Å².